The Balaban J connectivity index is 1.70. The Labute approximate surface area is 177 Å². The van der Waals surface area contributed by atoms with Crippen LogP contribution in [0, 0.1) is 5.92 Å². The molecular formula is C23H30N2O5. The summed E-state index contributed by atoms with van der Waals surface area (Å²) in [5.74, 6) is -0.113. The molecule has 0 bridgehead atoms. The number of aliphatic hydroxyl groups is 1. The van der Waals surface area contributed by atoms with Crippen molar-refractivity contribution in [3.8, 4) is 11.5 Å². The summed E-state index contributed by atoms with van der Waals surface area (Å²) in [6.07, 6.45) is 5.18. The molecule has 2 aliphatic heterocycles. The van der Waals surface area contributed by atoms with Gasteiger partial charge in [-0.05, 0) is 44.8 Å². The summed E-state index contributed by atoms with van der Waals surface area (Å²) in [5, 5.41) is 10.7. The second-order valence-corrected chi connectivity index (χ2v) is 8.29. The Morgan fingerprint density at radius 3 is 2.47 bits per heavy atom. The number of ether oxygens (including phenoxy) is 2. The molecule has 0 radical (unpaired) electrons. The van der Waals surface area contributed by atoms with Gasteiger partial charge in [0.15, 0.2) is 23.0 Å². The fourth-order valence-electron chi connectivity index (χ4n) is 4.58. The van der Waals surface area contributed by atoms with Gasteiger partial charge >= 0.3 is 0 Å². The predicted molar refractivity (Wildman–Crippen MR) is 112 cm³/mol. The lowest BCUT2D eigenvalue weighted by Crippen LogP contribution is -2.40. The molecule has 7 nitrogen and oxygen atoms in total. The standard InChI is InChI=1S/C23H30N2O5/c1-29-17-8-6-7-16(22(17)30-2)19-18(20(26)15-9-10-15)21(27)23(28)25(19)14-13-24-11-4-3-5-12-24/h6-8,15,19,27H,3-5,9-14H2,1-2H3. The first-order valence-corrected chi connectivity index (χ1v) is 10.8. The number of Topliss-reactive ketones (excluding diaryl/α,β-unsaturated/α-hetero) is 1. The number of piperidine rings is 1. The molecule has 1 atom stereocenters. The summed E-state index contributed by atoms with van der Waals surface area (Å²) in [6, 6.07) is 4.77. The number of para-hydroxylation sites is 1. The van der Waals surface area contributed by atoms with E-state index in [1.807, 2.05) is 12.1 Å². The van der Waals surface area contributed by atoms with Crippen molar-refractivity contribution in [2.75, 3.05) is 40.4 Å². The number of likely N-dealkylation sites (tertiary alicyclic amines) is 1. The third kappa shape index (κ3) is 3.78. The summed E-state index contributed by atoms with van der Waals surface area (Å²) >= 11 is 0. The highest BCUT2D eigenvalue weighted by Crippen LogP contribution is 2.47. The lowest BCUT2D eigenvalue weighted by Gasteiger charge is -2.32. The number of benzene rings is 1. The minimum atomic E-state index is -0.666. The highest BCUT2D eigenvalue weighted by Gasteiger charge is 2.48. The van der Waals surface area contributed by atoms with Gasteiger partial charge in [-0.25, -0.2) is 0 Å². The Morgan fingerprint density at radius 1 is 1.10 bits per heavy atom. The van der Waals surface area contributed by atoms with Gasteiger partial charge in [0.05, 0.1) is 25.8 Å². The number of rotatable bonds is 8. The molecule has 1 saturated carbocycles. The van der Waals surface area contributed by atoms with Gasteiger partial charge in [0, 0.05) is 24.6 Å². The first kappa shape index (κ1) is 20.7. The van der Waals surface area contributed by atoms with Gasteiger partial charge in [-0.2, -0.15) is 0 Å². The van der Waals surface area contributed by atoms with Crippen molar-refractivity contribution in [1.82, 2.24) is 9.80 Å². The van der Waals surface area contributed by atoms with Gasteiger partial charge in [-0.15, -0.1) is 0 Å². The van der Waals surface area contributed by atoms with Gasteiger partial charge in [0.1, 0.15) is 0 Å². The number of methoxy groups -OCH3 is 2. The second kappa shape index (κ2) is 8.68. The zero-order valence-corrected chi connectivity index (χ0v) is 17.7. The maximum Gasteiger partial charge on any atom is 0.290 e. The van der Waals surface area contributed by atoms with Crippen LogP contribution in [0.1, 0.15) is 43.7 Å². The van der Waals surface area contributed by atoms with Gasteiger partial charge in [-0.1, -0.05) is 18.6 Å². The Bertz CT molecular complexity index is 855. The molecule has 1 amide bonds. The molecular weight excluding hydrogens is 384 g/mol. The van der Waals surface area contributed by atoms with Crippen LogP contribution in [0.25, 0.3) is 0 Å². The largest absolute Gasteiger partial charge is 0.503 e. The van der Waals surface area contributed by atoms with E-state index in [4.69, 9.17) is 9.47 Å². The van der Waals surface area contributed by atoms with Crippen molar-refractivity contribution in [2.24, 2.45) is 5.92 Å². The van der Waals surface area contributed by atoms with Crippen LogP contribution >= 0.6 is 0 Å². The van der Waals surface area contributed by atoms with Crippen LogP contribution in [0.15, 0.2) is 29.5 Å². The maximum absolute atomic E-state index is 13.1. The molecule has 1 aromatic rings. The number of ketones is 1. The lowest BCUT2D eigenvalue weighted by atomic mass is 9.93. The van der Waals surface area contributed by atoms with Crippen LogP contribution in [0.5, 0.6) is 11.5 Å². The molecule has 2 fully saturated rings. The zero-order valence-electron chi connectivity index (χ0n) is 17.7. The van der Waals surface area contributed by atoms with Crippen molar-refractivity contribution >= 4 is 11.7 Å². The van der Waals surface area contributed by atoms with E-state index in [9.17, 15) is 14.7 Å². The zero-order chi connectivity index (χ0) is 21.3. The smallest absolute Gasteiger partial charge is 0.290 e. The fourth-order valence-corrected chi connectivity index (χ4v) is 4.58. The molecule has 4 rings (SSSR count). The normalized spacial score (nSPS) is 22.5. The minimum absolute atomic E-state index is 0.101. The van der Waals surface area contributed by atoms with E-state index in [1.54, 1.807) is 25.2 Å². The molecule has 2 heterocycles. The number of hydrogen-bond donors (Lipinski definition) is 1. The molecule has 0 spiro atoms. The average molecular weight is 415 g/mol. The Morgan fingerprint density at radius 2 is 1.83 bits per heavy atom. The van der Waals surface area contributed by atoms with Crippen molar-refractivity contribution in [2.45, 2.75) is 38.1 Å². The van der Waals surface area contributed by atoms with Crippen LogP contribution in [-0.2, 0) is 9.59 Å². The number of carbonyl (C=O) groups excluding carboxylic acids is 2. The SMILES string of the molecule is COc1cccc(C2C(C(=O)C3CC3)=C(O)C(=O)N2CCN2CCCCC2)c1OC. The Hall–Kier alpha value is -2.54. The molecule has 7 heteroatoms. The van der Waals surface area contributed by atoms with E-state index in [0.29, 0.717) is 30.2 Å². The average Bonchev–Trinajstić information content (AvgIpc) is 3.59. The summed E-state index contributed by atoms with van der Waals surface area (Å²) in [6.45, 7) is 3.19. The van der Waals surface area contributed by atoms with Crippen LogP contribution in [0.3, 0.4) is 0 Å². The molecule has 162 valence electrons. The van der Waals surface area contributed by atoms with E-state index >= 15 is 0 Å². The van der Waals surface area contributed by atoms with Crippen molar-refractivity contribution in [3.63, 3.8) is 0 Å². The lowest BCUT2D eigenvalue weighted by molar-refractivity contribution is -0.129. The summed E-state index contributed by atoms with van der Waals surface area (Å²) in [5.41, 5.74) is 0.865. The number of hydrogen-bond acceptors (Lipinski definition) is 6. The third-order valence-corrected chi connectivity index (χ3v) is 6.35. The quantitative estimate of drug-likeness (QED) is 0.705. The number of amides is 1. The Kier molecular flexibility index (Phi) is 5.99. The van der Waals surface area contributed by atoms with Crippen molar-refractivity contribution < 1.29 is 24.2 Å². The van der Waals surface area contributed by atoms with Crippen molar-refractivity contribution in [3.05, 3.63) is 35.1 Å². The van der Waals surface area contributed by atoms with Gasteiger partial charge in [0.2, 0.25) is 0 Å². The highest BCUT2D eigenvalue weighted by atomic mass is 16.5. The van der Waals surface area contributed by atoms with E-state index < -0.39 is 17.7 Å². The topological polar surface area (TPSA) is 79.3 Å². The first-order valence-electron chi connectivity index (χ1n) is 10.8. The molecule has 1 aliphatic carbocycles. The van der Waals surface area contributed by atoms with Crippen LogP contribution in [0.4, 0.5) is 0 Å². The fraction of sp³-hybridized carbons (Fsp3) is 0.565. The number of aliphatic hydroxyl groups excluding tert-OH is 1. The molecule has 1 unspecified atom stereocenters. The monoisotopic (exact) mass is 414 g/mol. The van der Waals surface area contributed by atoms with Gasteiger partial charge in [0.25, 0.3) is 5.91 Å². The third-order valence-electron chi connectivity index (χ3n) is 6.35. The second-order valence-electron chi connectivity index (χ2n) is 8.29. The van der Waals surface area contributed by atoms with E-state index in [0.717, 1.165) is 38.8 Å². The molecule has 1 aromatic carbocycles. The molecule has 3 aliphatic rings. The van der Waals surface area contributed by atoms with Crippen LogP contribution in [-0.4, -0.2) is 67.0 Å². The van der Waals surface area contributed by atoms with E-state index in [2.05, 4.69) is 4.90 Å². The first-order chi connectivity index (χ1) is 14.6. The van der Waals surface area contributed by atoms with Gasteiger partial charge in [-0.3, -0.25) is 9.59 Å². The predicted octanol–water partition coefficient (Wildman–Crippen LogP) is 2.86. The molecule has 1 saturated heterocycles. The van der Waals surface area contributed by atoms with Gasteiger partial charge < -0.3 is 24.4 Å². The maximum atomic E-state index is 13.1. The van der Waals surface area contributed by atoms with Crippen LogP contribution < -0.4 is 9.47 Å². The number of nitrogens with zero attached hydrogens (tertiary/aromatic N) is 2. The molecule has 1 N–H and O–H groups in total. The van der Waals surface area contributed by atoms with E-state index in [-0.39, 0.29) is 17.3 Å². The van der Waals surface area contributed by atoms with Crippen LogP contribution in [0.2, 0.25) is 0 Å². The summed E-state index contributed by atoms with van der Waals surface area (Å²) < 4.78 is 11.0. The summed E-state index contributed by atoms with van der Waals surface area (Å²) in [7, 11) is 3.10. The highest BCUT2D eigenvalue weighted by molar-refractivity contribution is 6.10. The minimum Gasteiger partial charge on any atom is -0.503 e. The molecule has 30 heavy (non-hydrogen) atoms. The van der Waals surface area contributed by atoms with Crippen molar-refractivity contribution in [1.29, 1.82) is 0 Å². The molecule has 0 aromatic heterocycles. The number of carbonyl (C=O) groups is 2. The summed E-state index contributed by atoms with van der Waals surface area (Å²) in [4.78, 5) is 30.1. The van der Waals surface area contributed by atoms with E-state index in [1.165, 1.54) is 6.42 Å².